The molecule has 1 unspecified atom stereocenters. The van der Waals surface area contributed by atoms with Crippen LogP contribution in [0.25, 0.3) is 5.69 Å². The molecular weight excluding hydrogens is 368 g/mol. The maximum Gasteiger partial charge on any atom is 0.304 e. The zero-order valence-electron chi connectivity index (χ0n) is 14.4. The minimum Gasteiger partial charge on any atom is -0.432 e. The fourth-order valence-electron chi connectivity index (χ4n) is 3.01. The number of carbonyl (C=O) groups excluding carboxylic acids is 1. The number of rotatable bonds is 3. The molecule has 1 aliphatic rings. The zero-order valence-corrected chi connectivity index (χ0v) is 15.3. The quantitative estimate of drug-likeness (QED) is 0.392. The first-order valence-electron chi connectivity index (χ1n) is 8.08. The third kappa shape index (κ3) is 3.02. The van der Waals surface area contributed by atoms with E-state index in [4.69, 9.17) is 4.74 Å². The Labute approximate surface area is 157 Å². The lowest BCUT2D eigenvalue weighted by Crippen LogP contribution is -2.11. The summed E-state index contributed by atoms with van der Waals surface area (Å²) in [5, 5.41) is 13.2. The van der Waals surface area contributed by atoms with E-state index in [0.717, 1.165) is 10.6 Å². The number of nitro groups is 1. The van der Waals surface area contributed by atoms with Crippen molar-refractivity contribution < 1.29 is 14.5 Å². The van der Waals surface area contributed by atoms with E-state index in [1.165, 1.54) is 30.4 Å². The maximum atomic E-state index is 11.6. The first kappa shape index (κ1) is 17.1. The van der Waals surface area contributed by atoms with Gasteiger partial charge < -0.3 is 4.74 Å². The minimum atomic E-state index is -0.945. The van der Waals surface area contributed by atoms with E-state index >= 15 is 0 Å². The van der Waals surface area contributed by atoms with Crippen molar-refractivity contribution in [1.29, 1.82) is 0 Å². The van der Waals surface area contributed by atoms with Crippen LogP contribution in [0, 0.1) is 17.0 Å². The Morgan fingerprint density at radius 2 is 2.19 bits per heavy atom. The summed E-state index contributed by atoms with van der Waals surface area (Å²) in [6.07, 6.45) is 0.850. The number of aliphatic imine (C=N–C) groups is 1. The molecule has 0 fully saturated rings. The Balaban J connectivity index is 2.03. The van der Waals surface area contributed by atoms with Gasteiger partial charge in [-0.2, -0.15) is 0 Å². The standard InChI is InChI=1S/C18H14N4O4S/c1-10-9-21-14-6-5-12(22(24)25)8-13(14)16(15-4-3-7-27-15)20-18(17(21)19-10)26-11(2)23/h3-9,18H,1-2H3. The smallest absolute Gasteiger partial charge is 0.304 e. The van der Waals surface area contributed by atoms with Gasteiger partial charge in [0.15, 0.2) is 5.82 Å². The highest BCUT2D eigenvalue weighted by atomic mass is 32.1. The largest absolute Gasteiger partial charge is 0.432 e. The Bertz CT molecular complexity index is 1080. The second kappa shape index (κ2) is 6.44. The van der Waals surface area contributed by atoms with E-state index in [-0.39, 0.29) is 5.69 Å². The van der Waals surface area contributed by atoms with E-state index in [1.807, 2.05) is 24.4 Å². The maximum absolute atomic E-state index is 11.6. The number of hydrogen-bond acceptors (Lipinski definition) is 7. The molecule has 9 heteroatoms. The van der Waals surface area contributed by atoms with Crippen LogP contribution in [-0.4, -0.2) is 26.2 Å². The number of aryl methyl sites for hydroxylation is 1. The number of thiophene rings is 1. The lowest BCUT2D eigenvalue weighted by molar-refractivity contribution is -0.384. The number of fused-ring (bicyclic) bond motifs is 3. The van der Waals surface area contributed by atoms with Gasteiger partial charge in [-0.3, -0.25) is 19.5 Å². The Kier molecular flexibility index (Phi) is 4.08. The molecule has 4 rings (SSSR count). The van der Waals surface area contributed by atoms with Gasteiger partial charge in [-0.25, -0.2) is 9.98 Å². The minimum absolute atomic E-state index is 0.0395. The van der Waals surface area contributed by atoms with Gasteiger partial charge in [-0.05, 0) is 24.4 Å². The van der Waals surface area contributed by atoms with Crippen LogP contribution in [-0.2, 0) is 9.53 Å². The topological polar surface area (TPSA) is 99.6 Å². The molecule has 0 aliphatic carbocycles. The summed E-state index contributed by atoms with van der Waals surface area (Å²) in [5.74, 6) is -0.0391. The molecule has 8 nitrogen and oxygen atoms in total. The van der Waals surface area contributed by atoms with Crippen molar-refractivity contribution in [2.45, 2.75) is 20.1 Å². The van der Waals surface area contributed by atoms with Crippen molar-refractivity contribution in [2.75, 3.05) is 0 Å². The van der Waals surface area contributed by atoms with Gasteiger partial charge in [-0.1, -0.05) is 6.07 Å². The van der Waals surface area contributed by atoms with Crippen molar-refractivity contribution in [1.82, 2.24) is 9.55 Å². The average molecular weight is 382 g/mol. The molecule has 3 aromatic rings. The number of aromatic nitrogens is 2. The number of non-ortho nitro benzene ring substituents is 1. The molecule has 1 aromatic carbocycles. The van der Waals surface area contributed by atoms with Gasteiger partial charge >= 0.3 is 5.97 Å². The molecule has 0 saturated heterocycles. The molecule has 0 radical (unpaired) electrons. The lowest BCUT2D eigenvalue weighted by Gasteiger charge is -2.12. The SMILES string of the molecule is CC(=O)OC1N=C(c2cccs2)c2cc([N+](=O)[O-])ccc2-n2cc(C)nc21. The molecule has 0 amide bonds. The second-order valence-corrected chi connectivity index (χ2v) is 6.93. The number of nitrogens with zero attached hydrogens (tertiary/aromatic N) is 4. The van der Waals surface area contributed by atoms with Crippen LogP contribution in [0.5, 0.6) is 0 Å². The van der Waals surface area contributed by atoms with Gasteiger partial charge in [0.25, 0.3) is 11.9 Å². The van der Waals surface area contributed by atoms with Crippen molar-refractivity contribution in [2.24, 2.45) is 4.99 Å². The van der Waals surface area contributed by atoms with Crippen LogP contribution in [0.4, 0.5) is 5.69 Å². The number of esters is 1. The molecular formula is C18H14N4O4S. The van der Waals surface area contributed by atoms with Crippen LogP contribution in [0.2, 0.25) is 0 Å². The molecule has 0 N–H and O–H groups in total. The third-order valence-electron chi connectivity index (χ3n) is 4.06. The van der Waals surface area contributed by atoms with Gasteiger partial charge in [0.1, 0.15) is 0 Å². The molecule has 1 atom stereocenters. The zero-order chi connectivity index (χ0) is 19.1. The Hall–Kier alpha value is -3.33. The van der Waals surface area contributed by atoms with Crippen LogP contribution in [0.15, 0.2) is 46.9 Å². The van der Waals surface area contributed by atoms with Gasteiger partial charge in [0.2, 0.25) is 0 Å². The van der Waals surface area contributed by atoms with E-state index in [2.05, 4.69) is 9.98 Å². The second-order valence-electron chi connectivity index (χ2n) is 5.99. The average Bonchev–Trinajstić information content (AvgIpc) is 3.25. The van der Waals surface area contributed by atoms with Gasteiger partial charge in [0, 0.05) is 30.8 Å². The molecule has 1 aliphatic heterocycles. The Morgan fingerprint density at radius 1 is 1.37 bits per heavy atom. The molecule has 0 bridgehead atoms. The molecule has 27 heavy (non-hydrogen) atoms. The number of ether oxygens (including phenoxy) is 1. The number of carbonyl (C=O) groups is 1. The molecule has 2 aromatic heterocycles. The summed E-state index contributed by atoms with van der Waals surface area (Å²) < 4.78 is 7.18. The Morgan fingerprint density at radius 3 is 2.85 bits per heavy atom. The third-order valence-corrected chi connectivity index (χ3v) is 4.94. The molecule has 3 heterocycles. The highest BCUT2D eigenvalue weighted by molar-refractivity contribution is 7.12. The summed E-state index contributed by atoms with van der Waals surface area (Å²) in [5.41, 5.74) is 2.49. The van der Waals surface area contributed by atoms with E-state index in [0.29, 0.717) is 22.8 Å². The summed E-state index contributed by atoms with van der Waals surface area (Å²) in [7, 11) is 0. The number of imidazole rings is 1. The number of benzene rings is 1. The van der Waals surface area contributed by atoms with Crippen molar-refractivity contribution in [3.8, 4) is 5.69 Å². The van der Waals surface area contributed by atoms with Crippen LogP contribution < -0.4 is 0 Å². The first-order chi connectivity index (χ1) is 12.9. The van der Waals surface area contributed by atoms with Crippen molar-refractivity contribution in [3.63, 3.8) is 0 Å². The summed E-state index contributed by atoms with van der Waals surface area (Å²) in [4.78, 5) is 32.4. The number of nitro benzene ring substituents is 1. The predicted molar refractivity (Wildman–Crippen MR) is 99.4 cm³/mol. The predicted octanol–water partition coefficient (Wildman–Crippen LogP) is 3.56. The highest BCUT2D eigenvalue weighted by Gasteiger charge is 2.30. The molecule has 0 saturated carbocycles. The summed E-state index contributed by atoms with van der Waals surface area (Å²) >= 11 is 1.45. The molecule has 0 spiro atoms. The van der Waals surface area contributed by atoms with E-state index in [9.17, 15) is 14.9 Å². The van der Waals surface area contributed by atoms with E-state index in [1.54, 1.807) is 16.8 Å². The molecule has 136 valence electrons. The van der Waals surface area contributed by atoms with Crippen molar-refractivity contribution >= 4 is 28.7 Å². The van der Waals surface area contributed by atoms with E-state index < -0.39 is 17.1 Å². The fourth-order valence-corrected chi connectivity index (χ4v) is 3.75. The van der Waals surface area contributed by atoms with Crippen LogP contribution in [0.3, 0.4) is 0 Å². The summed E-state index contributed by atoms with van der Waals surface area (Å²) in [6.45, 7) is 3.13. The van der Waals surface area contributed by atoms with Crippen LogP contribution in [0.1, 0.15) is 35.1 Å². The van der Waals surface area contributed by atoms with Crippen LogP contribution >= 0.6 is 11.3 Å². The monoisotopic (exact) mass is 382 g/mol. The highest BCUT2D eigenvalue weighted by Crippen LogP contribution is 2.34. The van der Waals surface area contributed by atoms with Gasteiger partial charge in [-0.15, -0.1) is 11.3 Å². The lowest BCUT2D eigenvalue weighted by atomic mass is 10.1. The van der Waals surface area contributed by atoms with Crippen molar-refractivity contribution in [3.05, 3.63) is 74.0 Å². The van der Waals surface area contributed by atoms with Gasteiger partial charge in [0.05, 0.1) is 26.9 Å². The summed E-state index contributed by atoms with van der Waals surface area (Å²) in [6, 6.07) is 8.33. The first-order valence-corrected chi connectivity index (χ1v) is 8.96. The normalized spacial score (nSPS) is 15.3. The number of hydrogen-bond donors (Lipinski definition) is 0. The fraction of sp³-hybridized carbons (Fsp3) is 0.167.